The van der Waals surface area contributed by atoms with Crippen molar-refractivity contribution in [3.63, 3.8) is 0 Å². The quantitative estimate of drug-likeness (QED) is 0.0290. The molecule has 37 heteroatoms. The van der Waals surface area contributed by atoms with Crippen molar-refractivity contribution in [2.45, 2.75) is 436 Å². The third-order valence-electron chi connectivity index (χ3n) is 23.2. The molecule has 0 radical (unpaired) electrons. The second-order valence-corrected chi connectivity index (χ2v) is 33.0. The highest BCUT2D eigenvalue weighted by Crippen LogP contribution is 2.38. The number of ether oxygens (including phenoxy) is 15. The molecule has 0 aliphatic carbocycles. The van der Waals surface area contributed by atoms with Gasteiger partial charge >= 0.3 is 5.97 Å². The van der Waals surface area contributed by atoms with Crippen LogP contribution in [0.3, 0.4) is 0 Å². The summed E-state index contributed by atoms with van der Waals surface area (Å²) < 4.78 is 88.1. The molecule has 0 saturated carbocycles. The first-order valence-electron chi connectivity index (χ1n) is 44.8. The number of amides is 2. The molecule has 0 aromatic rings. The summed E-state index contributed by atoms with van der Waals surface area (Å²) >= 11 is 0. The van der Waals surface area contributed by atoms with E-state index in [2.05, 4.69) is 24.5 Å². The Bertz CT molecular complexity index is 2670. The fourth-order valence-corrected chi connectivity index (χ4v) is 15.8. The predicted octanol–water partition coefficient (Wildman–Crippen LogP) is 0.460. The standard InChI is InChI=1S/C83H152N2O35/c1-5-7-9-11-13-15-17-19-21-23-25-27-29-33-40-106-48-52(107-41-34-30-28-26-24-22-20-18-16-14-12-10-8-6-2)49-109-59(93)38-36-37-58(92)84-39-32-31-35-42-108-79-70(103)67(100)73(56(46-89)114-79)116-81-71(104)68(101)74(57(47-90)115-81)117-82-72(105)76(64(97)55(45-88)112-82)119-78-60(85-51(4)91)75(63(96)54(44-87)111-78)118-83-77(66(99)62(95)53(43-86)113-83)120-80-69(102)65(98)61(94)50(3)110-80/h50,52-57,60-83,86-90,94-105H,5-49H2,1-4H3,(H,84,92)(H,85,91)/t50?,52-,53?,54?,55?,56?,57?,60?,61+,62-,63-,64-,65-,66-,67+,68+,69?,70?,71?,72?,73+,74-,75+,76-,77?,78-,79-,80-,81-,82+,83-/m0/s1. The monoisotopic (exact) mass is 1740 g/mol. The Morgan fingerprint density at radius 3 is 1.26 bits per heavy atom. The molecule has 2 amide bonds. The Balaban J connectivity index is 0.917. The maximum Gasteiger partial charge on any atom is 0.305 e. The molecule has 0 bridgehead atoms. The molecule has 6 aliphatic heterocycles. The molecule has 120 heavy (non-hydrogen) atoms. The highest BCUT2D eigenvalue weighted by molar-refractivity contribution is 5.77. The summed E-state index contributed by atoms with van der Waals surface area (Å²) in [6.45, 7) is 3.82. The smallest absolute Gasteiger partial charge is 0.305 e. The minimum absolute atomic E-state index is 0.00663. The Morgan fingerprint density at radius 1 is 0.342 bits per heavy atom. The zero-order chi connectivity index (χ0) is 87.5. The largest absolute Gasteiger partial charge is 0.463 e. The van der Waals surface area contributed by atoms with E-state index in [1.807, 2.05) is 0 Å². The number of esters is 1. The zero-order valence-electron chi connectivity index (χ0n) is 71.2. The number of hydrogen-bond donors (Lipinski definition) is 19. The molecule has 6 aliphatic rings. The molecule has 0 spiro atoms. The van der Waals surface area contributed by atoms with Gasteiger partial charge in [0.25, 0.3) is 0 Å². The Labute approximate surface area is 706 Å². The van der Waals surface area contributed by atoms with E-state index in [4.69, 9.17) is 71.1 Å². The normalized spacial score (nSPS) is 35.2. The van der Waals surface area contributed by atoms with Crippen LogP contribution < -0.4 is 10.6 Å². The van der Waals surface area contributed by atoms with Crippen LogP contribution in [0.15, 0.2) is 0 Å². The lowest BCUT2D eigenvalue weighted by Crippen LogP contribution is -2.70. The molecule has 19 N–H and O–H groups in total. The summed E-state index contributed by atoms with van der Waals surface area (Å²) in [6, 6.07) is -1.81. The molecule has 6 heterocycles. The van der Waals surface area contributed by atoms with Gasteiger partial charge in [-0.1, -0.05) is 181 Å². The Hall–Kier alpha value is -2.83. The van der Waals surface area contributed by atoms with Gasteiger partial charge in [0.2, 0.25) is 11.8 Å². The summed E-state index contributed by atoms with van der Waals surface area (Å²) in [7, 11) is 0. The van der Waals surface area contributed by atoms with Crippen molar-refractivity contribution in [1.82, 2.24) is 10.6 Å². The average Bonchev–Trinajstić information content (AvgIpc) is 0.770. The summed E-state index contributed by atoms with van der Waals surface area (Å²) in [6.07, 6.45) is -17.3. The lowest BCUT2D eigenvalue weighted by Gasteiger charge is -2.51. The van der Waals surface area contributed by atoms with Gasteiger partial charge in [0, 0.05) is 46.1 Å². The van der Waals surface area contributed by atoms with Gasteiger partial charge in [-0.15, -0.1) is 0 Å². The minimum Gasteiger partial charge on any atom is -0.463 e. The molecule has 6 fully saturated rings. The third kappa shape index (κ3) is 35.0. The van der Waals surface area contributed by atoms with E-state index in [-0.39, 0.29) is 44.5 Å². The molecular weight excluding hydrogens is 1580 g/mol. The van der Waals surface area contributed by atoms with Crippen LogP contribution in [0, 0.1) is 0 Å². The summed E-state index contributed by atoms with van der Waals surface area (Å²) in [5.74, 6) is -1.53. The number of aliphatic hydroxyl groups excluding tert-OH is 17. The molecule has 704 valence electrons. The number of carbonyl (C=O) groups excluding carboxylic acids is 3. The predicted molar refractivity (Wildman–Crippen MR) is 426 cm³/mol. The summed E-state index contributed by atoms with van der Waals surface area (Å²) in [4.78, 5) is 38.7. The maximum atomic E-state index is 13.0. The van der Waals surface area contributed by atoms with Gasteiger partial charge in [-0.25, -0.2) is 0 Å². The topological polar surface area (TPSA) is 558 Å². The van der Waals surface area contributed by atoms with Gasteiger partial charge in [0.1, 0.15) is 153 Å². The Kier molecular flexibility index (Phi) is 52.4. The molecule has 6 rings (SSSR count). The first-order valence-corrected chi connectivity index (χ1v) is 44.8. The number of unbranched alkanes of at least 4 members (excludes halogenated alkanes) is 28. The van der Waals surface area contributed by atoms with E-state index in [1.165, 1.54) is 161 Å². The fourth-order valence-electron chi connectivity index (χ4n) is 15.8. The fraction of sp³-hybridized carbons (Fsp3) is 0.964. The second kappa shape index (κ2) is 59.3. The van der Waals surface area contributed by atoms with Crippen molar-refractivity contribution in [3.8, 4) is 0 Å². The summed E-state index contributed by atoms with van der Waals surface area (Å²) in [5.41, 5.74) is 0. The molecule has 0 aromatic heterocycles. The highest BCUT2D eigenvalue weighted by atomic mass is 16.8. The van der Waals surface area contributed by atoms with E-state index in [0.717, 1.165) is 32.6 Å². The van der Waals surface area contributed by atoms with E-state index >= 15 is 0 Å². The van der Waals surface area contributed by atoms with Gasteiger partial charge < -0.3 is 168 Å². The number of hydrogen-bond acceptors (Lipinski definition) is 35. The van der Waals surface area contributed by atoms with Crippen LogP contribution in [0.1, 0.15) is 246 Å². The lowest BCUT2D eigenvalue weighted by molar-refractivity contribution is -0.393. The Morgan fingerprint density at radius 2 is 0.733 bits per heavy atom. The molecule has 37 nitrogen and oxygen atoms in total. The van der Waals surface area contributed by atoms with Crippen molar-refractivity contribution < 1.29 is 172 Å². The second-order valence-electron chi connectivity index (χ2n) is 33.0. The lowest BCUT2D eigenvalue weighted by atomic mass is 9.94. The van der Waals surface area contributed by atoms with E-state index in [0.29, 0.717) is 45.6 Å². The van der Waals surface area contributed by atoms with Gasteiger partial charge in [0.05, 0.1) is 45.7 Å². The third-order valence-corrected chi connectivity index (χ3v) is 23.2. The summed E-state index contributed by atoms with van der Waals surface area (Å²) in [5, 5.41) is 192. The van der Waals surface area contributed by atoms with Crippen molar-refractivity contribution in [1.29, 1.82) is 0 Å². The zero-order valence-corrected chi connectivity index (χ0v) is 71.2. The van der Waals surface area contributed by atoms with Crippen LogP contribution in [0.4, 0.5) is 0 Å². The van der Waals surface area contributed by atoms with Gasteiger partial charge in [-0.05, 0) is 45.4 Å². The highest BCUT2D eigenvalue weighted by Gasteiger charge is 2.58. The first-order chi connectivity index (χ1) is 57.9. The van der Waals surface area contributed by atoms with E-state index in [9.17, 15) is 101 Å². The molecule has 0 aromatic carbocycles. The maximum absolute atomic E-state index is 13.0. The van der Waals surface area contributed by atoms with Crippen molar-refractivity contribution >= 4 is 17.8 Å². The van der Waals surface area contributed by atoms with Crippen molar-refractivity contribution in [2.75, 3.05) is 72.6 Å². The number of aliphatic hydroxyl groups is 17. The number of nitrogens with one attached hydrogen (secondary N) is 2. The van der Waals surface area contributed by atoms with Gasteiger partial charge in [-0.3, -0.25) is 14.4 Å². The minimum atomic E-state index is -2.24. The molecule has 6 saturated heterocycles. The van der Waals surface area contributed by atoms with Crippen LogP contribution in [0.25, 0.3) is 0 Å². The van der Waals surface area contributed by atoms with Crippen LogP contribution in [-0.2, 0) is 85.4 Å². The van der Waals surface area contributed by atoms with Crippen molar-refractivity contribution in [2.24, 2.45) is 0 Å². The number of carbonyl (C=O) groups is 3. The molecular formula is C83H152N2O35. The van der Waals surface area contributed by atoms with Crippen LogP contribution in [0.2, 0.25) is 0 Å². The van der Waals surface area contributed by atoms with E-state index in [1.54, 1.807) is 0 Å². The average molecular weight is 1740 g/mol. The van der Waals surface area contributed by atoms with Crippen LogP contribution >= 0.6 is 0 Å². The van der Waals surface area contributed by atoms with E-state index < -0.39 is 229 Å². The molecule has 31 atom stereocenters. The first kappa shape index (κ1) is 106. The van der Waals surface area contributed by atoms with Crippen molar-refractivity contribution in [3.05, 3.63) is 0 Å². The van der Waals surface area contributed by atoms with Crippen LogP contribution in [0.5, 0.6) is 0 Å². The van der Waals surface area contributed by atoms with Crippen LogP contribution in [-0.4, -0.2) is 367 Å². The number of rotatable bonds is 62. The van der Waals surface area contributed by atoms with Gasteiger partial charge in [-0.2, -0.15) is 0 Å². The molecule has 12 unspecified atom stereocenters. The SMILES string of the molecule is CCCCCCCCCCCCCCCCOC[C@@H](COC(=O)CCCC(=O)NCCCCCO[C@H]1OC(CO)[C@@H](O[C@@H]2OC(CO)[C@H](O[C@H]3OC(CO)[C@H](O)[C@H](O[C@@H]4OC(CO)[C@H](O)[C@H](O[C@@H]5OC(CO)[C@H](O)[C@H](O)C5O[C@@H]5OC(C)[C@@H](O)[C@H](O)C5O)C4NC(C)=O)C3O)[C@H](O)C2O)[C@H](O)C1O)OCCCCCCCCCCCCCCCC. The van der Waals surface area contributed by atoms with Gasteiger partial charge in [0.15, 0.2) is 37.7 Å².